The van der Waals surface area contributed by atoms with Crippen molar-refractivity contribution >= 4 is 11.8 Å². The molecule has 0 aromatic heterocycles. The van der Waals surface area contributed by atoms with E-state index in [4.69, 9.17) is 0 Å². The van der Waals surface area contributed by atoms with Crippen LogP contribution in [0.1, 0.15) is 59.4 Å². The molecule has 1 saturated heterocycles. The van der Waals surface area contributed by atoms with Gasteiger partial charge in [-0.1, -0.05) is 51.1 Å². The van der Waals surface area contributed by atoms with Crippen LogP contribution in [-0.2, 0) is 16.1 Å². The molecule has 26 heavy (non-hydrogen) atoms. The number of rotatable bonds is 3. The lowest BCUT2D eigenvalue weighted by Crippen LogP contribution is -2.49. The lowest BCUT2D eigenvalue weighted by atomic mass is 9.65. The standard InChI is InChI=1S/C22H32N2O2/c1-16(2)23(13-17-9-7-6-8-10-17)19(25)20(26)24-15-22(5)12-18(24)11-21(3,4)14-22/h6-10,16,18H,11-15H2,1-5H3. The molecule has 2 unspecified atom stereocenters. The van der Waals surface area contributed by atoms with Crippen LogP contribution in [0, 0.1) is 10.8 Å². The van der Waals surface area contributed by atoms with Crippen molar-refractivity contribution in [2.75, 3.05) is 6.54 Å². The number of hydrogen-bond acceptors (Lipinski definition) is 2. The Bertz CT molecular complexity index is 683. The topological polar surface area (TPSA) is 40.6 Å². The third-order valence-electron chi connectivity index (χ3n) is 5.94. The summed E-state index contributed by atoms with van der Waals surface area (Å²) in [6, 6.07) is 10.1. The lowest BCUT2D eigenvalue weighted by Gasteiger charge is -2.39. The summed E-state index contributed by atoms with van der Waals surface area (Å²) in [4.78, 5) is 29.8. The first kappa shape index (κ1) is 18.9. The second-order valence-electron chi connectivity index (χ2n) is 9.66. The van der Waals surface area contributed by atoms with Gasteiger partial charge in [0.25, 0.3) is 0 Å². The van der Waals surface area contributed by atoms with Crippen molar-refractivity contribution in [1.82, 2.24) is 9.80 Å². The SMILES string of the molecule is CC(C)N(Cc1ccccc1)C(=O)C(=O)N1CC2(C)CC1CC(C)(C)C2. The molecule has 1 aromatic carbocycles. The molecule has 2 bridgehead atoms. The number of nitrogens with zero attached hydrogens (tertiary/aromatic N) is 2. The van der Waals surface area contributed by atoms with Gasteiger partial charge in [0, 0.05) is 25.2 Å². The van der Waals surface area contributed by atoms with E-state index in [1.54, 1.807) is 4.90 Å². The highest BCUT2D eigenvalue weighted by atomic mass is 16.2. The molecule has 0 radical (unpaired) electrons. The summed E-state index contributed by atoms with van der Waals surface area (Å²) in [6.07, 6.45) is 3.13. The van der Waals surface area contributed by atoms with Crippen molar-refractivity contribution < 1.29 is 9.59 Å². The van der Waals surface area contributed by atoms with Crippen molar-refractivity contribution in [3.05, 3.63) is 35.9 Å². The molecule has 2 amide bonds. The van der Waals surface area contributed by atoms with Crippen LogP contribution in [0.3, 0.4) is 0 Å². The molecule has 1 heterocycles. The van der Waals surface area contributed by atoms with E-state index >= 15 is 0 Å². The maximum atomic E-state index is 13.1. The van der Waals surface area contributed by atoms with Gasteiger partial charge < -0.3 is 9.80 Å². The Morgan fingerprint density at radius 1 is 1.15 bits per heavy atom. The molecule has 1 aliphatic carbocycles. The Kier molecular flexibility index (Phi) is 4.89. The van der Waals surface area contributed by atoms with E-state index in [0.29, 0.717) is 13.1 Å². The lowest BCUT2D eigenvalue weighted by molar-refractivity contribution is -0.154. The first-order chi connectivity index (χ1) is 12.1. The third-order valence-corrected chi connectivity index (χ3v) is 5.94. The number of carbonyl (C=O) groups is 2. The van der Waals surface area contributed by atoms with Crippen LogP contribution < -0.4 is 0 Å². The van der Waals surface area contributed by atoms with Crippen molar-refractivity contribution in [1.29, 1.82) is 0 Å². The zero-order valence-corrected chi connectivity index (χ0v) is 16.8. The number of amides is 2. The maximum Gasteiger partial charge on any atom is 0.312 e. The van der Waals surface area contributed by atoms with E-state index in [9.17, 15) is 9.59 Å². The molecule has 0 spiro atoms. The van der Waals surface area contributed by atoms with Crippen LogP contribution in [-0.4, -0.2) is 40.2 Å². The van der Waals surface area contributed by atoms with Gasteiger partial charge in [-0.2, -0.15) is 0 Å². The Balaban J connectivity index is 1.77. The van der Waals surface area contributed by atoms with Gasteiger partial charge in [0.1, 0.15) is 0 Å². The van der Waals surface area contributed by atoms with E-state index in [0.717, 1.165) is 24.8 Å². The highest BCUT2D eigenvalue weighted by Gasteiger charge is 2.52. The zero-order chi connectivity index (χ0) is 19.1. The molecule has 1 aromatic rings. The van der Waals surface area contributed by atoms with Crippen LogP contribution in [0.5, 0.6) is 0 Å². The fourth-order valence-corrected chi connectivity index (χ4v) is 5.21. The minimum absolute atomic E-state index is 0.0133. The zero-order valence-electron chi connectivity index (χ0n) is 16.8. The summed E-state index contributed by atoms with van der Waals surface area (Å²) in [6.45, 7) is 12.0. The van der Waals surface area contributed by atoms with Crippen molar-refractivity contribution in [3.8, 4) is 0 Å². The van der Waals surface area contributed by atoms with Gasteiger partial charge in [0.15, 0.2) is 0 Å². The van der Waals surface area contributed by atoms with Crippen LogP contribution in [0.4, 0.5) is 0 Å². The van der Waals surface area contributed by atoms with Crippen LogP contribution in [0.25, 0.3) is 0 Å². The predicted molar refractivity (Wildman–Crippen MR) is 103 cm³/mol. The van der Waals surface area contributed by atoms with Gasteiger partial charge in [0.05, 0.1) is 0 Å². The van der Waals surface area contributed by atoms with E-state index in [2.05, 4.69) is 20.8 Å². The second kappa shape index (κ2) is 6.71. The van der Waals surface area contributed by atoms with Gasteiger partial charge in [-0.25, -0.2) is 0 Å². The van der Waals surface area contributed by atoms with Gasteiger partial charge in [-0.3, -0.25) is 9.59 Å². The van der Waals surface area contributed by atoms with E-state index in [1.807, 2.05) is 49.1 Å². The highest BCUT2D eigenvalue weighted by Crippen LogP contribution is 2.52. The van der Waals surface area contributed by atoms with Crippen molar-refractivity contribution in [2.45, 2.75) is 72.5 Å². The van der Waals surface area contributed by atoms with Gasteiger partial charge in [-0.05, 0) is 49.5 Å². The molecule has 4 nitrogen and oxygen atoms in total. The predicted octanol–water partition coefficient (Wildman–Crippen LogP) is 3.85. The number of likely N-dealkylation sites (tertiary alicyclic amines) is 1. The van der Waals surface area contributed by atoms with Crippen molar-refractivity contribution in [3.63, 3.8) is 0 Å². The minimum atomic E-state index is -0.363. The summed E-state index contributed by atoms with van der Waals surface area (Å²) in [5.74, 6) is -0.682. The molecule has 142 valence electrons. The molecule has 0 N–H and O–H groups in total. The Morgan fingerprint density at radius 2 is 1.81 bits per heavy atom. The minimum Gasteiger partial charge on any atom is -0.331 e. The van der Waals surface area contributed by atoms with Crippen molar-refractivity contribution in [2.24, 2.45) is 10.8 Å². The van der Waals surface area contributed by atoms with Crippen LogP contribution >= 0.6 is 0 Å². The maximum absolute atomic E-state index is 13.1. The molecule has 2 aliphatic rings. The highest BCUT2D eigenvalue weighted by molar-refractivity contribution is 6.35. The fraction of sp³-hybridized carbons (Fsp3) is 0.636. The van der Waals surface area contributed by atoms with Gasteiger partial charge in [-0.15, -0.1) is 0 Å². The average Bonchev–Trinajstić information content (AvgIpc) is 2.81. The van der Waals surface area contributed by atoms with E-state index in [1.165, 1.54) is 0 Å². The molecule has 2 fully saturated rings. The Labute approximate surface area is 157 Å². The first-order valence-electron chi connectivity index (χ1n) is 9.76. The molecule has 3 rings (SSSR count). The van der Waals surface area contributed by atoms with E-state index in [-0.39, 0.29) is 34.7 Å². The summed E-state index contributed by atoms with van der Waals surface area (Å²) >= 11 is 0. The normalized spacial score (nSPS) is 26.8. The molecule has 2 atom stereocenters. The monoisotopic (exact) mass is 356 g/mol. The Hall–Kier alpha value is -1.84. The average molecular weight is 357 g/mol. The third kappa shape index (κ3) is 3.79. The first-order valence-corrected chi connectivity index (χ1v) is 9.76. The smallest absolute Gasteiger partial charge is 0.312 e. The number of hydrogen-bond donors (Lipinski definition) is 0. The summed E-state index contributed by atoms with van der Waals surface area (Å²) in [5.41, 5.74) is 1.43. The summed E-state index contributed by atoms with van der Waals surface area (Å²) < 4.78 is 0. The molecular weight excluding hydrogens is 324 g/mol. The molecule has 4 heteroatoms. The largest absolute Gasteiger partial charge is 0.331 e. The molecular formula is C22H32N2O2. The number of fused-ring (bicyclic) bond motifs is 2. The quantitative estimate of drug-likeness (QED) is 0.772. The fourth-order valence-electron chi connectivity index (χ4n) is 5.21. The van der Waals surface area contributed by atoms with Crippen LogP contribution in [0.2, 0.25) is 0 Å². The Morgan fingerprint density at radius 3 is 2.42 bits per heavy atom. The van der Waals surface area contributed by atoms with Gasteiger partial charge in [0.2, 0.25) is 0 Å². The number of carbonyl (C=O) groups excluding carboxylic acids is 2. The summed E-state index contributed by atoms with van der Waals surface area (Å²) in [5, 5.41) is 0. The second-order valence-corrected chi connectivity index (χ2v) is 9.66. The molecule has 1 aliphatic heterocycles. The molecule has 1 saturated carbocycles. The van der Waals surface area contributed by atoms with Gasteiger partial charge >= 0.3 is 11.8 Å². The van der Waals surface area contributed by atoms with Crippen LogP contribution in [0.15, 0.2) is 30.3 Å². The summed E-state index contributed by atoms with van der Waals surface area (Å²) in [7, 11) is 0. The van der Waals surface area contributed by atoms with E-state index < -0.39 is 0 Å². The number of benzene rings is 1.